The number of aromatic hydroxyl groups is 1. The summed E-state index contributed by atoms with van der Waals surface area (Å²) >= 11 is 0. The Bertz CT molecular complexity index is 720. The van der Waals surface area contributed by atoms with Crippen molar-refractivity contribution in [3.8, 4) is 28.7 Å². The van der Waals surface area contributed by atoms with Crippen LogP contribution in [-0.4, -0.2) is 49.4 Å². The van der Waals surface area contributed by atoms with E-state index in [0.717, 1.165) is 5.56 Å². The quantitative estimate of drug-likeness (QED) is 0.660. The molecule has 2 rings (SSSR count). The third-order valence-corrected chi connectivity index (χ3v) is 3.97. The van der Waals surface area contributed by atoms with Crippen LogP contribution in [0.1, 0.15) is 17.2 Å². The van der Waals surface area contributed by atoms with Gasteiger partial charge in [-0.15, -0.1) is 0 Å². The molecular formula is C19H24O7. The van der Waals surface area contributed by atoms with E-state index < -0.39 is 18.8 Å². The Morgan fingerprint density at radius 2 is 1.46 bits per heavy atom. The number of phenolic OH excluding ortho intramolecular Hbond substituents is 1. The first-order valence-corrected chi connectivity index (χ1v) is 8.00. The van der Waals surface area contributed by atoms with Crippen molar-refractivity contribution in [3.05, 3.63) is 41.5 Å². The standard InChI is InChI=1S/C19H24O7/c1-11-5-6-13(14(7-11)23-2)26-17(10-20)18(21)12-8-15(24-3)19(22)16(9-12)25-4/h5-9,17-18,20-22H,10H2,1-4H3/t17-,18+/m0/s1. The van der Waals surface area contributed by atoms with Crippen molar-refractivity contribution < 1.29 is 34.3 Å². The van der Waals surface area contributed by atoms with Gasteiger partial charge in [-0.3, -0.25) is 0 Å². The number of ether oxygens (including phenoxy) is 4. The first-order chi connectivity index (χ1) is 12.4. The normalized spacial score (nSPS) is 13.0. The van der Waals surface area contributed by atoms with E-state index in [0.29, 0.717) is 17.1 Å². The Morgan fingerprint density at radius 1 is 0.885 bits per heavy atom. The molecule has 2 aromatic carbocycles. The third-order valence-electron chi connectivity index (χ3n) is 3.97. The molecule has 0 amide bonds. The molecule has 142 valence electrons. The maximum Gasteiger partial charge on any atom is 0.200 e. The highest BCUT2D eigenvalue weighted by Gasteiger charge is 2.26. The van der Waals surface area contributed by atoms with E-state index in [9.17, 15) is 15.3 Å². The largest absolute Gasteiger partial charge is 0.502 e. The molecule has 0 unspecified atom stereocenters. The summed E-state index contributed by atoms with van der Waals surface area (Å²) in [6.07, 6.45) is -2.17. The van der Waals surface area contributed by atoms with Crippen LogP contribution in [0.4, 0.5) is 0 Å². The fourth-order valence-electron chi connectivity index (χ4n) is 2.54. The van der Waals surface area contributed by atoms with Gasteiger partial charge in [-0.1, -0.05) is 6.07 Å². The highest BCUT2D eigenvalue weighted by Crippen LogP contribution is 2.40. The molecule has 2 atom stereocenters. The van der Waals surface area contributed by atoms with Crippen molar-refractivity contribution in [2.45, 2.75) is 19.1 Å². The Hall–Kier alpha value is -2.64. The zero-order valence-corrected chi connectivity index (χ0v) is 15.2. The first kappa shape index (κ1) is 19.7. The van der Waals surface area contributed by atoms with Gasteiger partial charge in [0.05, 0.1) is 27.9 Å². The lowest BCUT2D eigenvalue weighted by Gasteiger charge is -2.24. The molecule has 7 heteroatoms. The first-order valence-electron chi connectivity index (χ1n) is 8.00. The van der Waals surface area contributed by atoms with E-state index >= 15 is 0 Å². The molecule has 7 nitrogen and oxygen atoms in total. The molecular weight excluding hydrogens is 340 g/mol. The predicted octanol–water partition coefficient (Wildman–Crippen LogP) is 2.20. The van der Waals surface area contributed by atoms with Crippen LogP contribution in [0.15, 0.2) is 30.3 Å². The molecule has 0 saturated heterocycles. The molecule has 0 spiro atoms. The zero-order valence-electron chi connectivity index (χ0n) is 15.2. The summed E-state index contributed by atoms with van der Waals surface area (Å²) in [5.41, 5.74) is 1.35. The molecule has 0 fully saturated rings. The molecule has 0 aromatic heterocycles. The number of methoxy groups -OCH3 is 3. The van der Waals surface area contributed by atoms with Gasteiger partial charge in [0, 0.05) is 0 Å². The van der Waals surface area contributed by atoms with Gasteiger partial charge in [-0.05, 0) is 42.3 Å². The number of aryl methyl sites for hydroxylation is 1. The van der Waals surface area contributed by atoms with E-state index in [1.54, 1.807) is 12.1 Å². The molecule has 0 bridgehead atoms. The summed E-state index contributed by atoms with van der Waals surface area (Å²) in [4.78, 5) is 0. The van der Waals surface area contributed by atoms with Crippen LogP contribution in [-0.2, 0) is 0 Å². The number of benzene rings is 2. The number of aliphatic hydroxyl groups is 2. The van der Waals surface area contributed by atoms with Gasteiger partial charge in [0.25, 0.3) is 0 Å². The Morgan fingerprint density at radius 3 is 1.96 bits per heavy atom. The minimum atomic E-state index is -1.20. The van der Waals surface area contributed by atoms with Gasteiger partial charge in [0.2, 0.25) is 5.75 Å². The average Bonchev–Trinajstić information content (AvgIpc) is 2.66. The Balaban J connectivity index is 2.33. The smallest absolute Gasteiger partial charge is 0.200 e. The fourth-order valence-corrected chi connectivity index (χ4v) is 2.54. The summed E-state index contributed by atoms with van der Waals surface area (Å²) in [5.74, 6) is 1.00. The molecule has 3 N–H and O–H groups in total. The molecule has 0 heterocycles. The van der Waals surface area contributed by atoms with Crippen LogP contribution in [0.2, 0.25) is 0 Å². The van der Waals surface area contributed by atoms with Crippen molar-refractivity contribution in [3.63, 3.8) is 0 Å². The SMILES string of the molecule is COc1cc(C)ccc1O[C@@H](CO)[C@H](O)c1cc(OC)c(O)c(OC)c1. The third kappa shape index (κ3) is 4.12. The van der Waals surface area contributed by atoms with Crippen molar-refractivity contribution in [1.82, 2.24) is 0 Å². The highest BCUT2D eigenvalue weighted by molar-refractivity contribution is 5.53. The minimum absolute atomic E-state index is 0.142. The second-order valence-corrected chi connectivity index (χ2v) is 5.71. The van der Waals surface area contributed by atoms with Crippen LogP contribution in [0, 0.1) is 6.92 Å². The molecule has 0 saturated carbocycles. The minimum Gasteiger partial charge on any atom is -0.502 e. The second kappa shape index (κ2) is 8.64. The van der Waals surface area contributed by atoms with Crippen molar-refractivity contribution in [1.29, 1.82) is 0 Å². The summed E-state index contributed by atoms with van der Waals surface area (Å²) in [5, 5.41) is 30.4. The van der Waals surface area contributed by atoms with Crippen LogP contribution in [0.3, 0.4) is 0 Å². The van der Waals surface area contributed by atoms with Crippen LogP contribution >= 0.6 is 0 Å². The fraction of sp³-hybridized carbons (Fsp3) is 0.368. The lowest BCUT2D eigenvalue weighted by Crippen LogP contribution is -2.29. The Kier molecular flexibility index (Phi) is 6.54. The molecule has 26 heavy (non-hydrogen) atoms. The van der Waals surface area contributed by atoms with Crippen molar-refractivity contribution >= 4 is 0 Å². The summed E-state index contributed by atoms with van der Waals surface area (Å²) in [6.45, 7) is 1.48. The van der Waals surface area contributed by atoms with Gasteiger partial charge in [0.15, 0.2) is 29.1 Å². The van der Waals surface area contributed by atoms with E-state index in [2.05, 4.69) is 0 Å². The van der Waals surface area contributed by atoms with Crippen LogP contribution < -0.4 is 18.9 Å². The lowest BCUT2D eigenvalue weighted by atomic mass is 10.0. The highest BCUT2D eigenvalue weighted by atomic mass is 16.5. The van der Waals surface area contributed by atoms with E-state index in [1.165, 1.54) is 33.5 Å². The molecule has 0 aliphatic heterocycles. The molecule has 2 aromatic rings. The number of hydrogen-bond donors (Lipinski definition) is 3. The number of hydrogen-bond acceptors (Lipinski definition) is 7. The zero-order chi connectivity index (χ0) is 19.3. The number of aliphatic hydroxyl groups excluding tert-OH is 2. The molecule has 0 aliphatic rings. The number of phenols is 1. The van der Waals surface area contributed by atoms with Crippen LogP contribution in [0.5, 0.6) is 28.7 Å². The molecule has 0 aliphatic carbocycles. The van der Waals surface area contributed by atoms with Crippen molar-refractivity contribution in [2.24, 2.45) is 0 Å². The maximum absolute atomic E-state index is 10.7. The average molecular weight is 364 g/mol. The van der Waals surface area contributed by atoms with E-state index in [4.69, 9.17) is 18.9 Å². The second-order valence-electron chi connectivity index (χ2n) is 5.71. The van der Waals surface area contributed by atoms with Gasteiger partial charge in [-0.25, -0.2) is 0 Å². The van der Waals surface area contributed by atoms with Gasteiger partial charge in [0.1, 0.15) is 6.10 Å². The summed E-state index contributed by atoms with van der Waals surface area (Å²) in [7, 11) is 4.30. The topological polar surface area (TPSA) is 97.6 Å². The Labute approximate surface area is 152 Å². The predicted molar refractivity (Wildman–Crippen MR) is 95.4 cm³/mol. The van der Waals surface area contributed by atoms with Gasteiger partial charge in [-0.2, -0.15) is 0 Å². The van der Waals surface area contributed by atoms with Gasteiger partial charge < -0.3 is 34.3 Å². The lowest BCUT2D eigenvalue weighted by molar-refractivity contribution is -0.000617. The van der Waals surface area contributed by atoms with Crippen LogP contribution in [0.25, 0.3) is 0 Å². The summed E-state index contributed by atoms with van der Waals surface area (Å²) < 4.78 is 21.2. The summed E-state index contributed by atoms with van der Waals surface area (Å²) in [6, 6.07) is 8.26. The maximum atomic E-state index is 10.7. The van der Waals surface area contributed by atoms with Gasteiger partial charge >= 0.3 is 0 Å². The molecule has 0 radical (unpaired) electrons. The monoisotopic (exact) mass is 364 g/mol. The van der Waals surface area contributed by atoms with E-state index in [1.807, 2.05) is 13.0 Å². The van der Waals surface area contributed by atoms with E-state index in [-0.39, 0.29) is 17.2 Å². The van der Waals surface area contributed by atoms with Crippen molar-refractivity contribution in [2.75, 3.05) is 27.9 Å². The number of rotatable bonds is 8.